The molecule has 0 atom stereocenters. The van der Waals surface area contributed by atoms with Crippen LogP contribution in [0, 0.1) is 0 Å². The summed E-state index contributed by atoms with van der Waals surface area (Å²) in [7, 11) is 0. The average molecular weight is 609 g/mol. The van der Waals surface area contributed by atoms with Gasteiger partial charge in [-0.2, -0.15) is 0 Å². The molecule has 0 unspecified atom stereocenters. The molecule has 0 radical (unpaired) electrons. The van der Waals surface area contributed by atoms with Crippen molar-refractivity contribution in [1.82, 2.24) is 9.80 Å². The third kappa shape index (κ3) is 8.47. The zero-order chi connectivity index (χ0) is 29.6. The van der Waals surface area contributed by atoms with Crippen molar-refractivity contribution in [2.24, 2.45) is 0 Å². The Morgan fingerprint density at radius 3 is 1.14 bits per heavy atom. The molecule has 4 rings (SSSR count). The number of amides is 2. The number of nitrogens with zero attached hydrogens (tertiary/aromatic N) is 2. The Hall–Kier alpha value is -2.18. The number of thiophene rings is 2. The molecule has 0 saturated carbocycles. The number of fused-ring (bicyclic) bond motifs is 1. The molecule has 2 aromatic rings. The molecule has 0 N–H and O–H groups in total. The van der Waals surface area contributed by atoms with Crippen molar-refractivity contribution in [3.05, 3.63) is 55.9 Å². The molecule has 2 aliphatic heterocycles. The molecule has 0 saturated heterocycles. The van der Waals surface area contributed by atoms with Gasteiger partial charge in [0.2, 0.25) is 0 Å². The highest BCUT2D eigenvalue weighted by molar-refractivity contribution is 7.11. The summed E-state index contributed by atoms with van der Waals surface area (Å²) in [5.74, 6) is 0.0265. The van der Waals surface area contributed by atoms with Crippen LogP contribution in [0.25, 0.3) is 11.4 Å². The van der Waals surface area contributed by atoms with E-state index in [1.807, 2.05) is 32.7 Å². The summed E-state index contributed by atoms with van der Waals surface area (Å²) in [6, 6.07) is 8.17. The summed E-state index contributed by atoms with van der Waals surface area (Å²) < 4.78 is 0. The first-order valence-electron chi connectivity index (χ1n) is 16.9. The second-order valence-corrected chi connectivity index (χ2v) is 13.9. The monoisotopic (exact) mass is 608 g/mol. The predicted molar refractivity (Wildman–Crippen MR) is 180 cm³/mol. The number of rotatable bonds is 22. The normalized spacial score (nSPS) is 15.2. The number of carbonyl (C=O) groups is 2. The van der Waals surface area contributed by atoms with E-state index in [1.165, 1.54) is 89.9 Å². The first-order chi connectivity index (χ1) is 20.7. The number of hydrogen-bond donors (Lipinski definition) is 0. The van der Waals surface area contributed by atoms with Crippen molar-refractivity contribution in [3.63, 3.8) is 0 Å². The first-order valence-corrected chi connectivity index (χ1v) is 18.6. The Balaban J connectivity index is 1.43. The third-order valence-electron chi connectivity index (χ3n) is 8.66. The minimum absolute atomic E-state index is 0.0132. The summed E-state index contributed by atoms with van der Waals surface area (Å²) in [6.07, 6.45) is 22.4. The second-order valence-electron chi connectivity index (χ2n) is 12.0. The van der Waals surface area contributed by atoms with Crippen LogP contribution in [-0.4, -0.2) is 34.7 Å². The van der Waals surface area contributed by atoms with Crippen LogP contribution in [0.5, 0.6) is 0 Å². The molecule has 42 heavy (non-hydrogen) atoms. The van der Waals surface area contributed by atoms with E-state index in [1.54, 1.807) is 22.7 Å². The lowest BCUT2D eigenvalue weighted by molar-refractivity contribution is -0.124. The van der Waals surface area contributed by atoms with Gasteiger partial charge in [0.1, 0.15) is 0 Å². The van der Waals surface area contributed by atoms with Gasteiger partial charge in [-0.3, -0.25) is 9.59 Å². The average Bonchev–Trinajstić information content (AvgIpc) is 3.80. The van der Waals surface area contributed by atoms with Gasteiger partial charge in [-0.05, 0) is 35.7 Å². The van der Waals surface area contributed by atoms with Crippen LogP contribution in [0.1, 0.15) is 139 Å². The van der Waals surface area contributed by atoms with Crippen LogP contribution < -0.4 is 0 Å². The fourth-order valence-corrected chi connectivity index (χ4v) is 7.89. The van der Waals surface area contributed by atoms with Crippen molar-refractivity contribution in [2.75, 3.05) is 13.1 Å². The van der Waals surface area contributed by atoms with Crippen molar-refractivity contribution >= 4 is 45.9 Å². The molecule has 0 aliphatic carbocycles. The van der Waals surface area contributed by atoms with E-state index in [-0.39, 0.29) is 11.8 Å². The van der Waals surface area contributed by atoms with Crippen LogP contribution in [0.4, 0.5) is 0 Å². The standard InChI is InChI=1S/C36H52N2O2S2/c1-3-5-7-9-11-13-15-17-19-25-37-33(29-23-21-27-41-29)31-32(35(37)39)34(30-24-22-28-42-30)38(36(31)40)26-20-18-16-14-12-10-8-6-4-2/h21-24,27-28H,3-20,25-26H2,1-2H3. The zero-order valence-corrected chi connectivity index (χ0v) is 27.8. The molecule has 6 heteroatoms. The number of hydrogen-bond acceptors (Lipinski definition) is 4. The highest BCUT2D eigenvalue weighted by atomic mass is 32.1. The Morgan fingerprint density at radius 2 is 0.833 bits per heavy atom. The lowest BCUT2D eigenvalue weighted by Crippen LogP contribution is -2.30. The van der Waals surface area contributed by atoms with Crippen molar-refractivity contribution in [2.45, 2.75) is 129 Å². The topological polar surface area (TPSA) is 40.6 Å². The van der Waals surface area contributed by atoms with Crippen molar-refractivity contribution in [3.8, 4) is 0 Å². The molecule has 2 aromatic heterocycles. The zero-order valence-electron chi connectivity index (χ0n) is 26.1. The molecular formula is C36H52N2O2S2. The van der Waals surface area contributed by atoms with E-state index in [0.29, 0.717) is 24.2 Å². The van der Waals surface area contributed by atoms with Gasteiger partial charge in [0, 0.05) is 13.1 Å². The molecule has 0 aromatic carbocycles. The van der Waals surface area contributed by atoms with Gasteiger partial charge in [0.15, 0.2) is 0 Å². The molecule has 230 valence electrons. The number of unbranched alkanes of at least 4 members (excludes halogenated alkanes) is 16. The van der Waals surface area contributed by atoms with Gasteiger partial charge in [-0.1, -0.05) is 129 Å². The van der Waals surface area contributed by atoms with Gasteiger partial charge in [-0.25, -0.2) is 0 Å². The van der Waals surface area contributed by atoms with E-state index in [4.69, 9.17) is 0 Å². The Bertz CT molecular complexity index is 1070. The molecule has 0 fully saturated rings. The first kappa shape index (κ1) is 32.7. The highest BCUT2D eigenvalue weighted by Crippen LogP contribution is 2.48. The Kier molecular flexibility index (Phi) is 13.9. The second kappa shape index (κ2) is 17.8. The van der Waals surface area contributed by atoms with E-state index in [2.05, 4.69) is 26.0 Å². The van der Waals surface area contributed by atoms with Crippen LogP contribution in [0.3, 0.4) is 0 Å². The predicted octanol–water partition coefficient (Wildman–Crippen LogP) is 10.7. The highest BCUT2D eigenvalue weighted by Gasteiger charge is 2.48. The minimum atomic E-state index is 0.0132. The van der Waals surface area contributed by atoms with E-state index >= 15 is 0 Å². The van der Waals surface area contributed by atoms with Crippen LogP contribution in [-0.2, 0) is 9.59 Å². The quantitative estimate of drug-likeness (QED) is 0.125. The SMILES string of the molecule is CCCCCCCCCCCN1C(=O)C2=C(c3cccs3)N(CCCCCCCCCCC)C(=O)C2=C1c1cccs1. The fourth-order valence-electron chi connectivity index (χ4n) is 6.32. The lowest BCUT2D eigenvalue weighted by Gasteiger charge is -2.24. The van der Waals surface area contributed by atoms with Gasteiger partial charge in [0.05, 0.1) is 32.3 Å². The van der Waals surface area contributed by atoms with Crippen molar-refractivity contribution in [1.29, 1.82) is 0 Å². The Labute approximate surface area is 262 Å². The summed E-state index contributed by atoms with van der Waals surface area (Å²) in [5, 5.41) is 4.09. The van der Waals surface area contributed by atoms with Gasteiger partial charge in [-0.15, -0.1) is 22.7 Å². The summed E-state index contributed by atoms with van der Waals surface area (Å²) >= 11 is 3.25. The van der Waals surface area contributed by atoms with Crippen LogP contribution in [0.2, 0.25) is 0 Å². The third-order valence-corrected chi connectivity index (χ3v) is 10.4. The molecule has 0 spiro atoms. The largest absolute Gasteiger partial charge is 0.306 e. The Morgan fingerprint density at radius 1 is 0.500 bits per heavy atom. The molecule has 0 bridgehead atoms. The fraction of sp³-hybridized carbons (Fsp3) is 0.611. The maximum atomic E-state index is 14.1. The maximum absolute atomic E-state index is 14.1. The minimum Gasteiger partial charge on any atom is -0.306 e. The molecular weight excluding hydrogens is 557 g/mol. The summed E-state index contributed by atoms with van der Waals surface area (Å²) in [5.41, 5.74) is 2.96. The van der Waals surface area contributed by atoms with Crippen LogP contribution in [0.15, 0.2) is 46.2 Å². The molecule has 4 nitrogen and oxygen atoms in total. The van der Waals surface area contributed by atoms with E-state index in [0.717, 1.165) is 46.8 Å². The van der Waals surface area contributed by atoms with E-state index in [9.17, 15) is 9.59 Å². The molecule has 4 heterocycles. The van der Waals surface area contributed by atoms with Gasteiger partial charge >= 0.3 is 0 Å². The summed E-state index contributed by atoms with van der Waals surface area (Å²) in [4.78, 5) is 34.2. The smallest absolute Gasteiger partial charge is 0.261 e. The summed E-state index contributed by atoms with van der Waals surface area (Å²) in [6.45, 7) is 5.88. The van der Waals surface area contributed by atoms with E-state index < -0.39 is 0 Å². The number of carbonyl (C=O) groups excluding carboxylic acids is 2. The van der Waals surface area contributed by atoms with Gasteiger partial charge < -0.3 is 9.80 Å². The van der Waals surface area contributed by atoms with Crippen LogP contribution >= 0.6 is 22.7 Å². The molecule has 2 amide bonds. The van der Waals surface area contributed by atoms with Crippen molar-refractivity contribution < 1.29 is 9.59 Å². The molecule has 2 aliphatic rings. The maximum Gasteiger partial charge on any atom is 0.261 e. The van der Waals surface area contributed by atoms with Gasteiger partial charge in [0.25, 0.3) is 11.8 Å². The lowest BCUT2D eigenvalue weighted by atomic mass is 10.1.